The number of hydrogen-bond acceptors (Lipinski definition) is 4. The van der Waals surface area contributed by atoms with Gasteiger partial charge < -0.3 is 15.4 Å². The van der Waals surface area contributed by atoms with E-state index in [1.54, 1.807) is 23.5 Å². The number of hydrogen-bond donors (Lipinski definition) is 2. The first kappa shape index (κ1) is 14.6. The van der Waals surface area contributed by atoms with E-state index in [1.807, 2.05) is 29.6 Å². The Morgan fingerprint density at radius 2 is 2.14 bits per heavy atom. The number of benzene rings is 1. The highest BCUT2D eigenvalue weighted by Crippen LogP contribution is 2.29. The van der Waals surface area contributed by atoms with Gasteiger partial charge in [0.25, 0.3) is 5.91 Å². The van der Waals surface area contributed by atoms with Crippen LogP contribution in [0.4, 0.5) is 5.69 Å². The fourth-order valence-corrected chi connectivity index (χ4v) is 2.96. The number of carbonyl (C=O) groups is 2. The number of para-hydroxylation sites is 2. The molecule has 0 bridgehead atoms. The van der Waals surface area contributed by atoms with Crippen LogP contribution in [0, 0.1) is 0 Å². The first-order valence-electron chi connectivity index (χ1n) is 7.08. The molecule has 3 rings (SSSR count). The maximum Gasteiger partial charge on any atom is 0.266 e. The van der Waals surface area contributed by atoms with Crippen LogP contribution in [0.5, 0.6) is 5.75 Å². The van der Waals surface area contributed by atoms with E-state index in [9.17, 15) is 9.59 Å². The van der Waals surface area contributed by atoms with E-state index in [-0.39, 0.29) is 18.2 Å². The molecule has 1 aromatic carbocycles. The molecule has 1 aliphatic rings. The lowest BCUT2D eigenvalue weighted by Crippen LogP contribution is -2.41. The van der Waals surface area contributed by atoms with Gasteiger partial charge in [-0.25, -0.2) is 0 Å². The SMILES string of the molecule is O=C(C[C@@H]1Oc2ccccc2NC1=O)NCCc1cccs1. The molecule has 2 aromatic rings. The maximum atomic E-state index is 11.9. The molecule has 1 atom stereocenters. The van der Waals surface area contributed by atoms with Crippen LogP contribution in [-0.4, -0.2) is 24.5 Å². The molecule has 0 saturated carbocycles. The number of thiophene rings is 1. The minimum Gasteiger partial charge on any atom is -0.478 e. The molecule has 0 spiro atoms. The van der Waals surface area contributed by atoms with Gasteiger partial charge in [0, 0.05) is 11.4 Å². The molecule has 1 aliphatic heterocycles. The Labute approximate surface area is 132 Å². The highest BCUT2D eigenvalue weighted by atomic mass is 32.1. The van der Waals surface area contributed by atoms with E-state index in [0.29, 0.717) is 18.0 Å². The topological polar surface area (TPSA) is 67.4 Å². The van der Waals surface area contributed by atoms with Crippen LogP contribution in [0.2, 0.25) is 0 Å². The van der Waals surface area contributed by atoms with Crippen LogP contribution in [0.1, 0.15) is 11.3 Å². The van der Waals surface area contributed by atoms with Crippen molar-refractivity contribution in [2.24, 2.45) is 0 Å². The highest BCUT2D eigenvalue weighted by Gasteiger charge is 2.29. The first-order valence-corrected chi connectivity index (χ1v) is 7.96. The zero-order valence-corrected chi connectivity index (χ0v) is 12.7. The summed E-state index contributed by atoms with van der Waals surface area (Å²) in [6, 6.07) is 11.2. The number of carbonyl (C=O) groups excluding carboxylic acids is 2. The standard InChI is InChI=1S/C16H16N2O3S/c19-15(17-8-7-11-4-3-9-22-11)10-14-16(20)18-12-5-1-2-6-13(12)21-14/h1-6,9,14H,7-8,10H2,(H,17,19)(H,18,20)/t14-/m0/s1. The Kier molecular flexibility index (Phi) is 4.39. The molecule has 22 heavy (non-hydrogen) atoms. The molecule has 0 unspecified atom stereocenters. The van der Waals surface area contributed by atoms with E-state index >= 15 is 0 Å². The Bertz CT molecular complexity index is 670. The molecule has 0 aliphatic carbocycles. The molecule has 2 heterocycles. The van der Waals surface area contributed by atoms with Crippen molar-refractivity contribution in [3.05, 3.63) is 46.7 Å². The summed E-state index contributed by atoms with van der Waals surface area (Å²) in [6.45, 7) is 0.560. The largest absolute Gasteiger partial charge is 0.478 e. The van der Waals surface area contributed by atoms with Crippen LogP contribution < -0.4 is 15.4 Å². The van der Waals surface area contributed by atoms with Gasteiger partial charge in [-0.3, -0.25) is 9.59 Å². The second-order valence-corrected chi connectivity index (χ2v) is 6.01. The predicted molar refractivity (Wildman–Crippen MR) is 85.1 cm³/mol. The zero-order chi connectivity index (χ0) is 15.4. The maximum absolute atomic E-state index is 11.9. The van der Waals surface area contributed by atoms with Crippen LogP contribution in [0.3, 0.4) is 0 Å². The summed E-state index contributed by atoms with van der Waals surface area (Å²) >= 11 is 1.66. The Morgan fingerprint density at radius 1 is 1.27 bits per heavy atom. The molecule has 2 amide bonds. The van der Waals surface area contributed by atoms with E-state index in [0.717, 1.165) is 6.42 Å². The number of rotatable bonds is 5. The highest BCUT2D eigenvalue weighted by molar-refractivity contribution is 7.09. The summed E-state index contributed by atoms with van der Waals surface area (Å²) in [5.74, 6) is 0.127. The van der Waals surface area contributed by atoms with Crippen molar-refractivity contribution in [2.75, 3.05) is 11.9 Å². The summed E-state index contributed by atoms with van der Waals surface area (Å²) in [6.07, 6.45) is 0.0332. The number of nitrogens with one attached hydrogen (secondary N) is 2. The molecular weight excluding hydrogens is 300 g/mol. The summed E-state index contributed by atoms with van der Waals surface area (Å²) < 4.78 is 5.60. The lowest BCUT2D eigenvalue weighted by molar-refractivity contribution is -0.130. The fourth-order valence-electron chi connectivity index (χ4n) is 2.25. The monoisotopic (exact) mass is 316 g/mol. The third-order valence-corrected chi connectivity index (χ3v) is 4.29. The molecule has 114 valence electrons. The summed E-state index contributed by atoms with van der Waals surface area (Å²) in [5.41, 5.74) is 0.641. The summed E-state index contributed by atoms with van der Waals surface area (Å²) in [5, 5.41) is 7.58. The number of anilines is 1. The van der Waals surface area contributed by atoms with E-state index in [2.05, 4.69) is 10.6 Å². The van der Waals surface area contributed by atoms with Crippen LogP contribution in [0.15, 0.2) is 41.8 Å². The normalized spacial score (nSPS) is 16.4. The van der Waals surface area contributed by atoms with Gasteiger partial charge in [-0.15, -0.1) is 11.3 Å². The van der Waals surface area contributed by atoms with Crippen LogP contribution in [0.25, 0.3) is 0 Å². The van der Waals surface area contributed by atoms with Crippen molar-refractivity contribution in [1.29, 1.82) is 0 Å². The van der Waals surface area contributed by atoms with Gasteiger partial charge >= 0.3 is 0 Å². The third-order valence-electron chi connectivity index (χ3n) is 3.35. The third kappa shape index (κ3) is 3.46. The average Bonchev–Trinajstić information content (AvgIpc) is 3.01. The van der Waals surface area contributed by atoms with Gasteiger partial charge in [0.05, 0.1) is 12.1 Å². The molecule has 0 saturated heterocycles. The van der Waals surface area contributed by atoms with Crippen molar-refractivity contribution in [3.63, 3.8) is 0 Å². The van der Waals surface area contributed by atoms with Gasteiger partial charge in [-0.1, -0.05) is 18.2 Å². The summed E-state index contributed by atoms with van der Waals surface area (Å²) in [4.78, 5) is 25.1. The average molecular weight is 316 g/mol. The predicted octanol–water partition coefficient (Wildman–Crippen LogP) is 2.20. The second kappa shape index (κ2) is 6.62. The van der Waals surface area contributed by atoms with E-state index in [1.165, 1.54) is 4.88 Å². The molecule has 5 nitrogen and oxygen atoms in total. The molecular formula is C16H16N2O3S. The molecule has 0 fully saturated rings. The Hall–Kier alpha value is -2.34. The van der Waals surface area contributed by atoms with Crippen molar-refractivity contribution >= 4 is 28.8 Å². The van der Waals surface area contributed by atoms with E-state index in [4.69, 9.17) is 4.74 Å². The fraction of sp³-hybridized carbons (Fsp3) is 0.250. The number of amides is 2. The number of fused-ring (bicyclic) bond motifs is 1. The second-order valence-electron chi connectivity index (χ2n) is 4.98. The van der Waals surface area contributed by atoms with Crippen molar-refractivity contribution in [3.8, 4) is 5.75 Å². The molecule has 6 heteroatoms. The zero-order valence-electron chi connectivity index (χ0n) is 11.9. The van der Waals surface area contributed by atoms with Crippen molar-refractivity contribution in [1.82, 2.24) is 5.32 Å². The number of ether oxygens (including phenoxy) is 1. The minimum absolute atomic E-state index is 0.0185. The quantitative estimate of drug-likeness (QED) is 0.888. The minimum atomic E-state index is -0.781. The lowest BCUT2D eigenvalue weighted by Gasteiger charge is -2.25. The molecule has 2 N–H and O–H groups in total. The smallest absolute Gasteiger partial charge is 0.266 e. The van der Waals surface area contributed by atoms with E-state index < -0.39 is 6.10 Å². The van der Waals surface area contributed by atoms with Gasteiger partial charge in [-0.05, 0) is 30.0 Å². The molecule has 1 aromatic heterocycles. The van der Waals surface area contributed by atoms with Gasteiger partial charge in [0.1, 0.15) is 5.75 Å². The van der Waals surface area contributed by atoms with Crippen LogP contribution >= 0.6 is 11.3 Å². The van der Waals surface area contributed by atoms with Crippen molar-refractivity contribution < 1.29 is 14.3 Å². The van der Waals surface area contributed by atoms with Gasteiger partial charge in [0.15, 0.2) is 6.10 Å². The lowest BCUT2D eigenvalue weighted by atomic mass is 10.1. The van der Waals surface area contributed by atoms with Gasteiger partial charge in [-0.2, -0.15) is 0 Å². The van der Waals surface area contributed by atoms with Gasteiger partial charge in [0.2, 0.25) is 5.91 Å². The van der Waals surface area contributed by atoms with Crippen LogP contribution in [-0.2, 0) is 16.0 Å². The van der Waals surface area contributed by atoms with Crippen molar-refractivity contribution in [2.45, 2.75) is 18.9 Å². The molecule has 0 radical (unpaired) electrons. The summed E-state index contributed by atoms with van der Waals surface area (Å²) in [7, 11) is 0. The Morgan fingerprint density at radius 3 is 2.95 bits per heavy atom. The Balaban J connectivity index is 1.50. The first-order chi connectivity index (χ1) is 10.7.